The summed E-state index contributed by atoms with van der Waals surface area (Å²) in [7, 11) is 0. The van der Waals surface area contributed by atoms with E-state index in [1.807, 2.05) is 18.2 Å². The topological polar surface area (TPSA) is 54.1 Å². The maximum Gasteiger partial charge on any atom is 0.220 e. The largest absolute Gasteiger partial charge is 0.494 e. The Labute approximate surface area is 172 Å². The first-order chi connectivity index (χ1) is 13.9. The van der Waals surface area contributed by atoms with Gasteiger partial charge in [0.25, 0.3) is 0 Å². The molecule has 0 bridgehead atoms. The van der Waals surface area contributed by atoms with Crippen molar-refractivity contribution in [3.8, 4) is 5.75 Å². The van der Waals surface area contributed by atoms with E-state index in [0.29, 0.717) is 19.4 Å². The Morgan fingerprint density at radius 2 is 1.86 bits per heavy atom. The number of nitrogens with one attached hydrogen (secondary N) is 2. The van der Waals surface area contributed by atoms with Crippen molar-refractivity contribution in [1.82, 2.24) is 10.3 Å². The zero-order valence-corrected chi connectivity index (χ0v) is 17.5. The van der Waals surface area contributed by atoms with Crippen LogP contribution in [0.1, 0.15) is 50.4 Å². The van der Waals surface area contributed by atoms with E-state index in [0.717, 1.165) is 18.6 Å². The van der Waals surface area contributed by atoms with Crippen LogP contribution in [0.25, 0.3) is 10.9 Å². The third-order valence-electron chi connectivity index (χ3n) is 5.71. The molecule has 1 atom stereocenters. The van der Waals surface area contributed by atoms with Crippen LogP contribution in [0.5, 0.6) is 5.75 Å². The van der Waals surface area contributed by atoms with Crippen LogP contribution in [-0.2, 0) is 23.1 Å². The number of carbonyl (C=O) groups is 1. The van der Waals surface area contributed by atoms with E-state index in [4.69, 9.17) is 4.74 Å². The average molecular weight is 391 g/mol. The number of para-hydroxylation sites is 1. The molecular weight excluding hydrogens is 360 g/mol. The van der Waals surface area contributed by atoms with Gasteiger partial charge in [-0.2, -0.15) is 0 Å². The summed E-state index contributed by atoms with van der Waals surface area (Å²) in [5.41, 5.74) is 5.24. The van der Waals surface area contributed by atoms with E-state index in [2.05, 4.69) is 61.4 Å². The first kappa shape index (κ1) is 19.6. The highest BCUT2D eigenvalue weighted by atomic mass is 16.5. The van der Waals surface area contributed by atoms with Gasteiger partial charge in [0, 0.05) is 35.5 Å². The Kier molecular flexibility index (Phi) is 5.35. The zero-order chi connectivity index (χ0) is 20.4. The molecule has 1 heterocycles. The van der Waals surface area contributed by atoms with Crippen molar-refractivity contribution in [1.29, 1.82) is 0 Å². The number of hydrogen-bond acceptors (Lipinski definition) is 2. The number of fused-ring (bicyclic) bond motifs is 3. The van der Waals surface area contributed by atoms with Gasteiger partial charge in [0.2, 0.25) is 5.91 Å². The molecule has 2 N–H and O–H groups in total. The summed E-state index contributed by atoms with van der Waals surface area (Å²) in [6, 6.07) is 16.8. The summed E-state index contributed by atoms with van der Waals surface area (Å²) in [5.74, 6) is 0.968. The zero-order valence-electron chi connectivity index (χ0n) is 17.5. The fraction of sp³-hybridized carbons (Fsp3) is 0.400. The minimum atomic E-state index is 0.108. The normalized spacial score (nSPS) is 16.0. The van der Waals surface area contributed by atoms with Crippen molar-refractivity contribution in [2.24, 2.45) is 0 Å². The standard InChI is InChI=1S/C25H30N2O2/c1-25(2,3)17-10-12-19(13-11-17)29-14-6-9-24(28)26-18-15-21-20-7-4-5-8-22(20)27-23(21)16-18/h4-5,7-8,10-13,18,27H,6,9,14-16H2,1-3H3,(H,26,28). The monoisotopic (exact) mass is 390 g/mol. The Bertz CT molecular complexity index is 996. The smallest absolute Gasteiger partial charge is 0.220 e. The number of ether oxygens (including phenoxy) is 1. The van der Waals surface area contributed by atoms with Crippen molar-refractivity contribution in [2.45, 2.75) is 57.9 Å². The van der Waals surface area contributed by atoms with Gasteiger partial charge in [0.15, 0.2) is 0 Å². The predicted molar refractivity (Wildman–Crippen MR) is 118 cm³/mol. The summed E-state index contributed by atoms with van der Waals surface area (Å²) in [6.07, 6.45) is 2.99. The van der Waals surface area contributed by atoms with E-state index in [1.165, 1.54) is 27.7 Å². The van der Waals surface area contributed by atoms with Crippen molar-refractivity contribution in [3.63, 3.8) is 0 Å². The van der Waals surface area contributed by atoms with E-state index in [1.54, 1.807) is 0 Å². The number of carbonyl (C=O) groups excluding carboxylic acids is 1. The predicted octanol–water partition coefficient (Wildman–Crippen LogP) is 4.91. The molecule has 0 aliphatic heterocycles. The molecule has 1 amide bonds. The Morgan fingerprint density at radius 3 is 2.62 bits per heavy atom. The van der Waals surface area contributed by atoms with Crippen molar-refractivity contribution in [3.05, 3.63) is 65.4 Å². The summed E-state index contributed by atoms with van der Waals surface area (Å²) in [6.45, 7) is 7.15. The SMILES string of the molecule is CC(C)(C)c1ccc(OCCCC(=O)NC2Cc3[nH]c4ccccc4c3C2)cc1. The van der Waals surface area contributed by atoms with E-state index >= 15 is 0 Å². The molecule has 4 rings (SSSR count). The number of H-pyrrole nitrogens is 1. The number of hydrogen-bond donors (Lipinski definition) is 2. The first-order valence-electron chi connectivity index (χ1n) is 10.5. The summed E-state index contributed by atoms with van der Waals surface area (Å²) in [4.78, 5) is 15.8. The molecule has 152 valence electrons. The molecule has 4 heteroatoms. The van der Waals surface area contributed by atoms with Crippen LogP contribution in [0.3, 0.4) is 0 Å². The molecule has 4 nitrogen and oxygen atoms in total. The lowest BCUT2D eigenvalue weighted by molar-refractivity contribution is -0.121. The Hall–Kier alpha value is -2.75. The number of amides is 1. The minimum absolute atomic E-state index is 0.108. The van der Waals surface area contributed by atoms with Crippen molar-refractivity contribution >= 4 is 16.8 Å². The number of aromatic amines is 1. The highest BCUT2D eigenvalue weighted by Gasteiger charge is 2.26. The van der Waals surface area contributed by atoms with Crippen LogP contribution >= 0.6 is 0 Å². The van der Waals surface area contributed by atoms with Gasteiger partial charge in [-0.1, -0.05) is 51.1 Å². The fourth-order valence-corrected chi connectivity index (χ4v) is 4.10. The van der Waals surface area contributed by atoms with Gasteiger partial charge in [-0.3, -0.25) is 4.79 Å². The molecule has 3 aromatic rings. The number of aromatic nitrogens is 1. The number of rotatable bonds is 6. The summed E-state index contributed by atoms with van der Waals surface area (Å²) in [5, 5.41) is 4.47. The molecule has 0 fully saturated rings. The van der Waals surface area contributed by atoms with E-state index < -0.39 is 0 Å². The number of benzene rings is 2. The average Bonchev–Trinajstić information content (AvgIpc) is 3.22. The highest BCUT2D eigenvalue weighted by molar-refractivity contribution is 5.85. The van der Waals surface area contributed by atoms with Crippen LogP contribution in [-0.4, -0.2) is 23.5 Å². The third kappa shape index (κ3) is 4.47. The molecule has 1 aliphatic rings. The molecule has 0 spiro atoms. The lowest BCUT2D eigenvalue weighted by atomic mass is 9.87. The van der Waals surface area contributed by atoms with Crippen LogP contribution < -0.4 is 10.1 Å². The van der Waals surface area contributed by atoms with Gasteiger partial charge in [-0.05, 0) is 47.6 Å². The second-order valence-electron chi connectivity index (χ2n) is 9.03. The molecule has 0 radical (unpaired) electrons. The van der Waals surface area contributed by atoms with Gasteiger partial charge < -0.3 is 15.0 Å². The molecular formula is C25H30N2O2. The fourth-order valence-electron chi connectivity index (χ4n) is 4.10. The van der Waals surface area contributed by atoms with Crippen molar-refractivity contribution in [2.75, 3.05) is 6.61 Å². The molecule has 1 aliphatic carbocycles. The second kappa shape index (κ2) is 7.94. The third-order valence-corrected chi connectivity index (χ3v) is 5.71. The Balaban J connectivity index is 1.20. The Morgan fingerprint density at radius 1 is 1.10 bits per heavy atom. The molecule has 1 unspecified atom stereocenters. The van der Waals surface area contributed by atoms with Gasteiger partial charge in [-0.15, -0.1) is 0 Å². The van der Waals surface area contributed by atoms with Crippen LogP contribution in [0.15, 0.2) is 48.5 Å². The molecule has 0 saturated heterocycles. The molecule has 29 heavy (non-hydrogen) atoms. The van der Waals surface area contributed by atoms with E-state index in [-0.39, 0.29) is 17.4 Å². The van der Waals surface area contributed by atoms with Crippen molar-refractivity contribution < 1.29 is 9.53 Å². The highest BCUT2D eigenvalue weighted by Crippen LogP contribution is 2.30. The molecule has 1 aromatic heterocycles. The van der Waals surface area contributed by atoms with Crippen LogP contribution in [0.4, 0.5) is 0 Å². The lowest BCUT2D eigenvalue weighted by Gasteiger charge is -2.19. The van der Waals surface area contributed by atoms with Gasteiger partial charge in [0.1, 0.15) is 5.75 Å². The van der Waals surface area contributed by atoms with Crippen LogP contribution in [0, 0.1) is 0 Å². The summed E-state index contributed by atoms with van der Waals surface area (Å²) >= 11 is 0. The summed E-state index contributed by atoms with van der Waals surface area (Å²) < 4.78 is 5.80. The maximum atomic E-state index is 12.3. The van der Waals surface area contributed by atoms with Gasteiger partial charge >= 0.3 is 0 Å². The van der Waals surface area contributed by atoms with E-state index in [9.17, 15) is 4.79 Å². The first-order valence-corrected chi connectivity index (χ1v) is 10.5. The molecule has 0 saturated carbocycles. The lowest BCUT2D eigenvalue weighted by Crippen LogP contribution is -2.35. The van der Waals surface area contributed by atoms with Gasteiger partial charge in [0.05, 0.1) is 6.61 Å². The maximum absolute atomic E-state index is 12.3. The second-order valence-corrected chi connectivity index (χ2v) is 9.03. The van der Waals surface area contributed by atoms with Crippen LogP contribution in [0.2, 0.25) is 0 Å². The molecule has 2 aromatic carbocycles. The quantitative estimate of drug-likeness (QED) is 0.588. The minimum Gasteiger partial charge on any atom is -0.494 e. The van der Waals surface area contributed by atoms with Gasteiger partial charge in [-0.25, -0.2) is 0 Å².